The van der Waals surface area contributed by atoms with Crippen molar-refractivity contribution in [1.82, 2.24) is 0 Å². The summed E-state index contributed by atoms with van der Waals surface area (Å²) in [4.78, 5) is 4.61. The lowest BCUT2D eigenvalue weighted by molar-refractivity contribution is 1.28. The highest BCUT2D eigenvalue weighted by atomic mass is 15.1. The monoisotopic (exact) mass is 1180 g/mol. The number of benzene rings is 13. The van der Waals surface area contributed by atoms with Crippen molar-refractivity contribution in [2.24, 2.45) is 0 Å². The van der Waals surface area contributed by atoms with Crippen LogP contribution in [0.15, 0.2) is 376 Å². The third-order valence-electron chi connectivity index (χ3n) is 16.4. The third kappa shape index (κ3) is 14.9. The van der Waals surface area contributed by atoms with Crippen LogP contribution in [0.5, 0.6) is 0 Å². The fraction of sp³-hybridized carbons (Fsp3) is 0. The minimum absolute atomic E-state index is 1.06. The smallest absolute Gasteiger partial charge is 0.0456 e. The molecule has 13 aromatic carbocycles. The van der Waals surface area contributed by atoms with Gasteiger partial charge in [-0.05, 0) is 150 Å². The summed E-state index contributed by atoms with van der Waals surface area (Å²) in [5.41, 5.74) is 24.9. The SMILES string of the molecule is C(=C(c1ccccc1)c1ccccc1)c1ccc(N(C=C(c2ccccc2)c2ccccc2)c2ccc(/C=C/c3ccc(/C=C/c4ccc(N(C=C(c5ccccc5)c5ccccc5)c5ccc(C=C(c6ccccc6)c6ccccc6)cc5)cc4)cc3)cc2)cc1. The molecule has 13 rings (SSSR count). The van der Waals surface area contributed by atoms with Crippen molar-refractivity contribution in [2.75, 3.05) is 9.80 Å². The predicted molar refractivity (Wildman–Crippen MR) is 394 cm³/mol. The molecule has 0 aliphatic rings. The molecule has 438 valence electrons. The molecule has 0 heterocycles. The van der Waals surface area contributed by atoms with E-state index < -0.39 is 0 Å². The van der Waals surface area contributed by atoms with Crippen LogP contribution in [0.25, 0.3) is 58.7 Å². The molecule has 0 aromatic heterocycles. The lowest BCUT2D eigenvalue weighted by Crippen LogP contribution is -2.10. The van der Waals surface area contributed by atoms with Crippen LogP contribution >= 0.6 is 0 Å². The average molecular weight is 1180 g/mol. The number of nitrogens with zero attached hydrogens (tertiary/aromatic N) is 2. The molecular formula is C90H68N2. The molecule has 0 fully saturated rings. The summed E-state index contributed by atoms with van der Waals surface area (Å²) in [5, 5.41) is 0. The Hall–Kier alpha value is -12.1. The standard InChI is InChI=1S/C90H68N2/c1-9-25-75(26-10-1)87(76-27-11-2-12-28-76)65-73-53-61-85(62-54-73)91(67-89(79-33-17-5-18-34-79)80-35-19-6-20-36-80)83-57-49-71(50-58-83)47-45-69-41-43-70(44-42-69)46-48-72-51-59-84(60-52-72)92(68-90(81-37-21-7-22-38-81)82-39-23-8-24-40-82)86-63-55-74(56-64-86)66-88(77-29-13-3-14-30-77)78-31-15-4-16-32-78/h1-68H/b47-45+,48-46+. The second-order valence-corrected chi connectivity index (χ2v) is 22.6. The van der Waals surface area contributed by atoms with Gasteiger partial charge in [-0.15, -0.1) is 0 Å². The number of hydrogen-bond acceptors (Lipinski definition) is 2. The first kappa shape index (κ1) is 58.9. The van der Waals surface area contributed by atoms with E-state index in [1.165, 1.54) is 33.4 Å². The van der Waals surface area contributed by atoms with Crippen LogP contribution < -0.4 is 9.80 Å². The number of rotatable bonds is 20. The molecule has 2 heteroatoms. The van der Waals surface area contributed by atoms with E-state index in [2.05, 4.69) is 423 Å². The van der Waals surface area contributed by atoms with Gasteiger partial charge in [-0.3, -0.25) is 0 Å². The van der Waals surface area contributed by atoms with Crippen LogP contribution in [0, 0.1) is 0 Å². The molecule has 2 nitrogen and oxygen atoms in total. The average Bonchev–Trinajstić information content (AvgIpc) is 1.08. The minimum atomic E-state index is 1.06. The number of anilines is 4. The molecule has 0 saturated heterocycles. The highest BCUT2D eigenvalue weighted by molar-refractivity contribution is 5.94. The summed E-state index contributed by atoms with van der Waals surface area (Å²) < 4.78 is 0. The quantitative estimate of drug-likeness (QED) is 0.0702. The van der Waals surface area contributed by atoms with Gasteiger partial charge in [0, 0.05) is 46.3 Å². The molecule has 0 atom stereocenters. The van der Waals surface area contributed by atoms with Crippen LogP contribution in [-0.4, -0.2) is 0 Å². The first-order chi connectivity index (χ1) is 45.6. The zero-order valence-electron chi connectivity index (χ0n) is 51.2. The van der Waals surface area contributed by atoms with Gasteiger partial charge >= 0.3 is 0 Å². The van der Waals surface area contributed by atoms with E-state index in [1.54, 1.807) is 0 Å². The first-order valence-electron chi connectivity index (χ1n) is 31.4. The van der Waals surface area contributed by atoms with Crippen molar-refractivity contribution < 1.29 is 0 Å². The Morgan fingerprint density at radius 1 is 0.163 bits per heavy atom. The largest absolute Gasteiger partial charge is 0.317 e. The van der Waals surface area contributed by atoms with Gasteiger partial charge in [-0.2, -0.15) is 0 Å². The second-order valence-electron chi connectivity index (χ2n) is 22.6. The first-order valence-corrected chi connectivity index (χ1v) is 31.4. The van der Waals surface area contributed by atoms with Crippen LogP contribution in [-0.2, 0) is 0 Å². The summed E-state index contributed by atoms with van der Waals surface area (Å²) in [6.45, 7) is 0. The van der Waals surface area contributed by atoms with Crippen molar-refractivity contribution in [1.29, 1.82) is 0 Å². The summed E-state index contributed by atoms with van der Waals surface area (Å²) >= 11 is 0. The van der Waals surface area contributed by atoms with Gasteiger partial charge < -0.3 is 9.80 Å². The van der Waals surface area contributed by atoms with Gasteiger partial charge in [0.05, 0.1) is 0 Å². The Balaban J connectivity index is 0.742. The minimum Gasteiger partial charge on any atom is -0.317 e. The van der Waals surface area contributed by atoms with E-state index in [4.69, 9.17) is 0 Å². The Labute approximate surface area is 542 Å². The van der Waals surface area contributed by atoms with E-state index in [0.717, 1.165) is 89.5 Å². The maximum absolute atomic E-state index is 2.31. The van der Waals surface area contributed by atoms with Crippen LogP contribution in [0.3, 0.4) is 0 Å². The molecule has 0 bridgehead atoms. The highest BCUT2D eigenvalue weighted by Gasteiger charge is 2.16. The summed E-state index contributed by atoms with van der Waals surface area (Å²) in [7, 11) is 0. The maximum atomic E-state index is 2.31. The Morgan fingerprint density at radius 2 is 0.326 bits per heavy atom. The van der Waals surface area contributed by atoms with Gasteiger partial charge in [0.15, 0.2) is 0 Å². The van der Waals surface area contributed by atoms with Crippen molar-refractivity contribution in [3.63, 3.8) is 0 Å². The maximum Gasteiger partial charge on any atom is 0.0456 e. The normalized spacial score (nSPS) is 11.0. The Kier molecular flexibility index (Phi) is 18.7. The molecule has 92 heavy (non-hydrogen) atoms. The van der Waals surface area contributed by atoms with Crippen LogP contribution in [0.2, 0.25) is 0 Å². The van der Waals surface area contributed by atoms with Crippen molar-refractivity contribution >= 4 is 81.5 Å². The molecule has 0 spiro atoms. The van der Waals surface area contributed by atoms with Crippen molar-refractivity contribution in [2.45, 2.75) is 0 Å². The molecule has 13 aromatic rings. The van der Waals surface area contributed by atoms with Crippen LogP contribution in [0.4, 0.5) is 22.7 Å². The van der Waals surface area contributed by atoms with Gasteiger partial charge in [-0.25, -0.2) is 0 Å². The van der Waals surface area contributed by atoms with Gasteiger partial charge in [0.25, 0.3) is 0 Å². The summed E-state index contributed by atoms with van der Waals surface area (Å²) in [5.74, 6) is 0. The predicted octanol–water partition coefficient (Wildman–Crippen LogP) is 23.7. The zero-order chi connectivity index (χ0) is 61.9. The third-order valence-corrected chi connectivity index (χ3v) is 16.4. The lowest BCUT2D eigenvalue weighted by atomic mass is 9.95. The second kappa shape index (κ2) is 29.3. The fourth-order valence-corrected chi connectivity index (χ4v) is 11.5. The molecule has 0 N–H and O–H groups in total. The summed E-state index contributed by atoms with van der Waals surface area (Å²) in [6.07, 6.45) is 17.9. The number of hydrogen-bond donors (Lipinski definition) is 0. The topological polar surface area (TPSA) is 6.48 Å². The van der Waals surface area contributed by atoms with E-state index in [-0.39, 0.29) is 0 Å². The molecular weight excluding hydrogens is 1110 g/mol. The Morgan fingerprint density at radius 3 is 0.522 bits per heavy atom. The van der Waals surface area contributed by atoms with Crippen molar-refractivity contribution in [3.8, 4) is 0 Å². The van der Waals surface area contributed by atoms with Gasteiger partial charge in [0.1, 0.15) is 0 Å². The fourth-order valence-electron chi connectivity index (χ4n) is 11.5. The van der Waals surface area contributed by atoms with E-state index in [1.807, 2.05) is 0 Å². The zero-order valence-corrected chi connectivity index (χ0v) is 51.2. The molecule has 0 unspecified atom stereocenters. The van der Waals surface area contributed by atoms with Gasteiger partial charge in [0.2, 0.25) is 0 Å². The molecule has 0 amide bonds. The van der Waals surface area contributed by atoms with Crippen LogP contribution in [0.1, 0.15) is 77.9 Å². The van der Waals surface area contributed by atoms with E-state index in [9.17, 15) is 0 Å². The molecule has 0 aliphatic heterocycles. The van der Waals surface area contributed by atoms with E-state index in [0.29, 0.717) is 0 Å². The lowest BCUT2D eigenvalue weighted by Gasteiger charge is -2.24. The summed E-state index contributed by atoms with van der Waals surface area (Å²) in [6, 6.07) is 129. The molecule has 0 radical (unpaired) electrons. The highest BCUT2D eigenvalue weighted by Crippen LogP contribution is 2.36. The molecule has 0 saturated carbocycles. The van der Waals surface area contributed by atoms with Gasteiger partial charge in [-0.1, -0.05) is 340 Å². The molecule has 0 aliphatic carbocycles. The van der Waals surface area contributed by atoms with E-state index >= 15 is 0 Å². The van der Waals surface area contributed by atoms with Crippen molar-refractivity contribution in [3.05, 3.63) is 454 Å². The Bertz CT molecular complexity index is 4180.